The van der Waals surface area contributed by atoms with Crippen molar-refractivity contribution in [2.75, 3.05) is 4.90 Å². The number of rotatable bonds is 6. The molecule has 0 unspecified atom stereocenters. The van der Waals surface area contributed by atoms with E-state index in [1.54, 1.807) is 0 Å². The molecule has 276 valence electrons. The van der Waals surface area contributed by atoms with E-state index in [1.807, 2.05) is 0 Å². The third kappa shape index (κ3) is 5.59. The Balaban J connectivity index is 0.975. The Morgan fingerprint density at radius 3 is 1.27 bits per heavy atom. The van der Waals surface area contributed by atoms with Gasteiger partial charge in [-0.1, -0.05) is 140 Å². The van der Waals surface area contributed by atoms with Crippen molar-refractivity contribution in [3.05, 3.63) is 212 Å². The summed E-state index contributed by atoms with van der Waals surface area (Å²) in [5.41, 5.74) is 13.8. The lowest BCUT2D eigenvalue weighted by Crippen LogP contribution is -2.09. The summed E-state index contributed by atoms with van der Waals surface area (Å²) in [6.07, 6.45) is 0. The monoisotopic (exact) mass is 753 g/mol. The Hall–Kier alpha value is -7.88. The van der Waals surface area contributed by atoms with Crippen molar-refractivity contribution in [1.82, 2.24) is 0 Å². The van der Waals surface area contributed by atoms with E-state index in [0.29, 0.717) is 0 Å². The third-order valence-corrected chi connectivity index (χ3v) is 11.8. The second kappa shape index (κ2) is 13.4. The molecule has 59 heavy (non-hydrogen) atoms. The Morgan fingerprint density at radius 1 is 0.254 bits per heavy atom. The van der Waals surface area contributed by atoms with E-state index in [2.05, 4.69) is 217 Å². The van der Waals surface area contributed by atoms with Gasteiger partial charge in [-0.05, 0) is 128 Å². The van der Waals surface area contributed by atoms with Crippen LogP contribution in [0.15, 0.2) is 221 Å². The number of hydrogen-bond donors (Lipinski definition) is 0. The molecule has 0 spiro atoms. The summed E-state index contributed by atoms with van der Waals surface area (Å²) < 4.78 is 12.8. The largest absolute Gasteiger partial charge is 0.456 e. The molecule has 0 aliphatic heterocycles. The molecule has 0 saturated carbocycles. The van der Waals surface area contributed by atoms with Gasteiger partial charge in [0.1, 0.15) is 22.3 Å². The van der Waals surface area contributed by atoms with Crippen LogP contribution in [0.25, 0.3) is 98.8 Å². The molecular weight excluding hydrogens is 719 g/mol. The number of hydrogen-bond acceptors (Lipinski definition) is 3. The highest BCUT2D eigenvalue weighted by Crippen LogP contribution is 2.42. The van der Waals surface area contributed by atoms with Crippen molar-refractivity contribution in [3.8, 4) is 33.4 Å². The van der Waals surface area contributed by atoms with E-state index in [0.717, 1.165) is 72.1 Å². The van der Waals surface area contributed by atoms with Crippen LogP contribution in [0.5, 0.6) is 0 Å². The van der Waals surface area contributed by atoms with Gasteiger partial charge in [0.15, 0.2) is 0 Å². The van der Waals surface area contributed by atoms with Crippen molar-refractivity contribution in [3.63, 3.8) is 0 Å². The molecule has 2 aromatic heterocycles. The second-order valence-corrected chi connectivity index (χ2v) is 15.3. The first-order chi connectivity index (χ1) is 29.2. The fraction of sp³-hybridized carbons (Fsp3) is 0. The van der Waals surface area contributed by atoms with Crippen LogP contribution in [0, 0.1) is 0 Å². The summed E-state index contributed by atoms with van der Waals surface area (Å²) >= 11 is 0. The fourth-order valence-corrected chi connectivity index (χ4v) is 8.96. The van der Waals surface area contributed by atoms with Gasteiger partial charge >= 0.3 is 0 Å². The van der Waals surface area contributed by atoms with Crippen LogP contribution in [0.4, 0.5) is 17.1 Å². The quantitative estimate of drug-likeness (QED) is 0.169. The first kappa shape index (κ1) is 33.3. The lowest BCUT2D eigenvalue weighted by atomic mass is 9.98. The van der Waals surface area contributed by atoms with E-state index in [1.165, 1.54) is 43.8 Å². The van der Waals surface area contributed by atoms with Crippen molar-refractivity contribution < 1.29 is 8.83 Å². The van der Waals surface area contributed by atoms with Crippen molar-refractivity contribution >= 4 is 82.5 Å². The zero-order chi connectivity index (χ0) is 38.9. The topological polar surface area (TPSA) is 29.5 Å². The Kier molecular flexibility index (Phi) is 7.54. The lowest BCUT2D eigenvalue weighted by molar-refractivity contribution is 0.669. The minimum absolute atomic E-state index is 0.874. The van der Waals surface area contributed by atoms with E-state index < -0.39 is 0 Å². The standard InChI is InChI=1S/C56H35NO2/c1-2-9-36(10-3-1)41-13-8-14-42(33-41)37-17-24-44(25-18-37)57(46-28-32-52-50(35-46)56-48-16-7-5-12-40(48)22-31-54(56)59-52)45-26-19-38(20-27-45)43-23-29-51-49(34-43)55-47-15-6-4-11-39(47)21-30-53(55)58-51/h1-35H. The summed E-state index contributed by atoms with van der Waals surface area (Å²) in [4.78, 5) is 2.34. The van der Waals surface area contributed by atoms with Crippen LogP contribution in [0.3, 0.4) is 0 Å². The molecule has 0 aliphatic rings. The van der Waals surface area contributed by atoms with Crippen LogP contribution in [-0.4, -0.2) is 0 Å². The molecular formula is C56H35NO2. The van der Waals surface area contributed by atoms with Crippen molar-refractivity contribution in [2.24, 2.45) is 0 Å². The highest BCUT2D eigenvalue weighted by molar-refractivity contribution is 6.20. The van der Waals surface area contributed by atoms with E-state index >= 15 is 0 Å². The fourth-order valence-electron chi connectivity index (χ4n) is 8.96. The first-order valence-electron chi connectivity index (χ1n) is 20.1. The van der Waals surface area contributed by atoms with Gasteiger partial charge in [0.2, 0.25) is 0 Å². The summed E-state index contributed by atoms with van der Waals surface area (Å²) in [5.74, 6) is 0. The third-order valence-electron chi connectivity index (χ3n) is 11.8. The van der Waals surface area contributed by atoms with Gasteiger partial charge < -0.3 is 13.7 Å². The molecule has 0 N–H and O–H groups in total. The van der Waals surface area contributed by atoms with Crippen LogP contribution >= 0.6 is 0 Å². The minimum atomic E-state index is 0.874. The Labute approximate surface area is 340 Å². The van der Waals surface area contributed by atoms with Crippen LogP contribution in [0.2, 0.25) is 0 Å². The molecule has 0 fully saturated rings. The van der Waals surface area contributed by atoms with E-state index in [-0.39, 0.29) is 0 Å². The molecule has 0 atom stereocenters. The molecule has 0 radical (unpaired) electrons. The molecule has 3 heteroatoms. The molecule has 12 rings (SSSR count). The SMILES string of the molecule is c1ccc(-c2cccc(-c3ccc(N(c4ccc(-c5ccc6oc7ccc8ccccc8c7c6c5)cc4)c4ccc5oc6ccc7ccccc7c6c5c4)cc3)c2)cc1. The average Bonchev–Trinajstić information content (AvgIpc) is 3.88. The zero-order valence-electron chi connectivity index (χ0n) is 32.0. The van der Waals surface area contributed by atoms with Crippen molar-refractivity contribution in [1.29, 1.82) is 0 Å². The average molecular weight is 754 g/mol. The van der Waals surface area contributed by atoms with E-state index in [4.69, 9.17) is 8.83 Å². The minimum Gasteiger partial charge on any atom is -0.456 e. The Bertz CT molecular complexity index is 3540. The molecule has 0 saturated heterocycles. The van der Waals surface area contributed by atoms with Gasteiger partial charge in [0.25, 0.3) is 0 Å². The number of benzene rings is 10. The second-order valence-electron chi connectivity index (χ2n) is 15.3. The maximum atomic E-state index is 6.43. The predicted molar refractivity (Wildman–Crippen MR) is 247 cm³/mol. The van der Waals surface area contributed by atoms with Gasteiger partial charge in [-0.3, -0.25) is 0 Å². The van der Waals surface area contributed by atoms with Gasteiger partial charge in [0, 0.05) is 38.6 Å². The highest BCUT2D eigenvalue weighted by atomic mass is 16.3. The molecule has 10 aromatic carbocycles. The van der Waals surface area contributed by atoms with E-state index in [9.17, 15) is 0 Å². The first-order valence-corrected chi connectivity index (χ1v) is 20.1. The predicted octanol–water partition coefficient (Wildman–Crippen LogP) is 16.3. The maximum absolute atomic E-state index is 6.43. The summed E-state index contributed by atoms with van der Waals surface area (Å²) in [5, 5.41) is 9.32. The summed E-state index contributed by atoms with van der Waals surface area (Å²) in [6, 6.07) is 75.8. The van der Waals surface area contributed by atoms with Gasteiger partial charge in [0.05, 0.1) is 0 Å². The highest BCUT2D eigenvalue weighted by Gasteiger charge is 2.18. The molecule has 3 nitrogen and oxygen atoms in total. The smallest absolute Gasteiger partial charge is 0.136 e. The molecule has 0 aliphatic carbocycles. The van der Waals surface area contributed by atoms with Gasteiger partial charge in [-0.25, -0.2) is 0 Å². The molecule has 12 aromatic rings. The molecule has 0 amide bonds. The number of furan rings is 2. The van der Waals surface area contributed by atoms with Crippen molar-refractivity contribution in [2.45, 2.75) is 0 Å². The maximum Gasteiger partial charge on any atom is 0.136 e. The summed E-state index contributed by atoms with van der Waals surface area (Å²) in [6.45, 7) is 0. The van der Waals surface area contributed by atoms with Gasteiger partial charge in [-0.2, -0.15) is 0 Å². The summed E-state index contributed by atoms with van der Waals surface area (Å²) in [7, 11) is 0. The molecule has 2 heterocycles. The van der Waals surface area contributed by atoms with Crippen LogP contribution in [0.1, 0.15) is 0 Å². The zero-order valence-corrected chi connectivity index (χ0v) is 32.0. The molecule has 0 bridgehead atoms. The Morgan fingerprint density at radius 2 is 0.678 bits per heavy atom. The van der Waals surface area contributed by atoms with Gasteiger partial charge in [-0.15, -0.1) is 0 Å². The lowest BCUT2D eigenvalue weighted by Gasteiger charge is -2.26. The number of fused-ring (bicyclic) bond motifs is 10. The van der Waals surface area contributed by atoms with Crippen LogP contribution in [-0.2, 0) is 0 Å². The number of anilines is 3. The number of nitrogens with zero attached hydrogens (tertiary/aromatic N) is 1. The normalized spacial score (nSPS) is 11.7. The van der Waals surface area contributed by atoms with Crippen LogP contribution < -0.4 is 4.90 Å².